The van der Waals surface area contributed by atoms with E-state index in [2.05, 4.69) is 20.5 Å². The fraction of sp³-hybridized carbons (Fsp3) is 0.333. The summed E-state index contributed by atoms with van der Waals surface area (Å²) in [5.74, 6) is -0.898. The summed E-state index contributed by atoms with van der Waals surface area (Å²) >= 11 is 0. The number of benzene rings is 2. The Labute approximate surface area is 224 Å². The maximum atomic E-state index is 13.6. The van der Waals surface area contributed by atoms with Crippen molar-refractivity contribution < 1.29 is 22.7 Å². The van der Waals surface area contributed by atoms with E-state index in [-0.39, 0.29) is 11.6 Å². The van der Waals surface area contributed by atoms with E-state index in [0.717, 1.165) is 23.1 Å². The van der Waals surface area contributed by atoms with Gasteiger partial charge < -0.3 is 15.0 Å². The van der Waals surface area contributed by atoms with Gasteiger partial charge in [-0.3, -0.25) is 9.48 Å². The van der Waals surface area contributed by atoms with E-state index in [0.29, 0.717) is 34.6 Å². The number of aryl methyl sites for hydroxylation is 2. The molecule has 0 saturated carbocycles. The van der Waals surface area contributed by atoms with Crippen molar-refractivity contribution >= 4 is 5.91 Å². The Morgan fingerprint density at radius 2 is 1.90 bits per heavy atom. The normalized spacial score (nSPS) is 12.5. The molecule has 12 heteroatoms. The number of carbonyl (C=O) groups is 1. The van der Waals surface area contributed by atoms with Crippen LogP contribution in [0.15, 0.2) is 55.1 Å². The van der Waals surface area contributed by atoms with Gasteiger partial charge in [0, 0.05) is 30.9 Å². The van der Waals surface area contributed by atoms with Gasteiger partial charge in [0.1, 0.15) is 18.7 Å². The van der Waals surface area contributed by atoms with Gasteiger partial charge in [0.05, 0.1) is 17.9 Å². The van der Waals surface area contributed by atoms with E-state index in [1.165, 1.54) is 0 Å². The minimum Gasteiger partial charge on any atom is -0.492 e. The number of hydrogen-bond acceptors (Lipinski definition) is 6. The van der Waals surface area contributed by atoms with Gasteiger partial charge in [-0.05, 0) is 75.0 Å². The molecule has 1 atom stereocenters. The van der Waals surface area contributed by atoms with Crippen LogP contribution in [0.4, 0.5) is 13.2 Å². The molecule has 1 amide bonds. The van der Waals surface area contributed by atoms with Crippen LogP contribution >= 0.6 is 0 Å². The number of amides is 1. The Bertz CT molecular complexity index is 1460. The molecule has 9 nitrogen and oxygen atoms in total. The molecule has 0 bridgehead atoms. The molecule has 39 heavy (non-hydrogen) atoms. The third-order valence-corrected chi connectivity index (χ3v) is 6.13. The summed E-state index contributed by atoms with van der Waals surface area (Å²) in [7, 11) is 5.64. The minimum atomic E-state index is -4.70. The molecule has 1 N–H and O–H groups in total. The fourth-order valence-electron chi connectivity index (χ4n) is 4.01. The molecule has 0 unspecified atom stereocenters. The molecule has 0 saturated heterocycles. The van der Waals surface area contributed by atoms with Gasteiger partial charge in [-0.2, -0.15) is 23.4 Å². The molecule has 0 spiro atoms. The summed E-state index contributed by atoms with van der Waals surface area (Å²) in [5.41, 5.74) is 3.27. The Morgan fingerprint density at radius 3 is 2.56 bits per heavy atom. The average Bonchev–Trinajstić information content (AvgIpc) is 3.54. The van der Waals surface area contributed by atoms with Crippen molar-refractivity contribution in [1.29, 1.82) is 0 Å². The van der Waals surface area contributed by atoms with Gasteiger partial charge in [0.2, 0.25) is 5.82 Å². The van der Waals surface area contributed by atoms with Gasteiger partial charge >= 0.3 is 6.18 Å². The van der Waals surface area contributed by atoms with E-state index < -0.39 is 18.0 Å². The first-order valence-corrected chi connectivity index (χ1v) is 12.2. The monoisotopic (exact) mass is 541 g/mol. The summed E-state index contributed by atoms with van der Waals surface area (Å²) in [4.78, 5) is 18.7. The van der Waals surface area contributed by atoms with Gasteiger partial charge in [0.15, 0.2) is 0 Å². The van der Waals surface area contributed by atoms with Crippen LogP contribution in [-0.2, 0) is 13.2 Å². The first-order valence-electron chi connectivity index (χ1n) is 12.2. The molecule has 0 fully saturated rings. The summed E-state index contributed by atoms with van der Waals surface area (Å²) < 4.78 is 48.9. The molecule has 2 heterocycles. The summed E-state index contributed by atoms with van der Waals surface area (Å²) in [6.07, 6.45) is -0.467. The summed E-state index contributed by atoms with van der Waals surface area (Å²) in [5, 5.41) is 11.0. The van der Waals surface area contributed by atoms with Crippen molar-refractivity contribution in [3.63, 3.8) is 0 Å². The Kier molecular flexibility index (Phi) is 8.05. The van der Waals surface area contributed by atoms with Crippen molar-refractivity contribution in [1.82, 2.24) is 34.8 Å². The Hall–Kier alpha value is -4.19. The predicted molar refractivity (Wildman–Crippen MR) is 140 cm³/mol. The molecule has 0 aliphatic carbocycles. The van der Waals surface area contributed by atoms with E-state index >= 15 is 0 Å². The Morgan fingerprint density at radius 1 is 1.13 bits per heavy atom. The lowest BCUT2D eigenvalue weighted by molar-refractivity contribution is -0.146. The minimum absolute atomic E-state index is 0.157. The fourth-order valence-corrected chi connectivity index (χ4v) is 4.01. The largest absolute Gasteiger partial charge is 0.492 e. The number of likely N-dealkylation sites (N-methyl/N-ethyl adjacent to an activating group) is 1. The lowest BCUT2D eigenvalue weighted by Gasteiger charge is -2.19. The van der Waals surface area contributed by atoms with E-state index in [9.17, 15) is 18.0 Å². The number of aromatic nitrogens is 5. The number of nitrogens with one attached hydrogen (secondary N) is 1. The number of halogens is 3. The van der Waals surface area contributed by atoms with Gasteiger partial charge in [0.25, 0.3) is 5.91 Å². The van der Waals surface area contributed by atoms with Crippen molar-refractivity contribution in [2.24, 2.45) is 7.05 Å². The SMILES string of the molecule is Cc1ccc(OCCN(C)C)cc1C(=O)N[C@H](C)c1cc(-c2cnn(C)c2)cc(-n2ncnc2C(F)(F)F)c1. The van der Waals surface area contributed by atoms with Crippen molar-refractivity contribution in [2.45, 2.75) is 26.1 Å². The molecule has 2 aromatic carbocycles. The number of ether oxygens (including phenoxy) is 1. The summed E-state index contributed by atoms with van der Waals surface area (Å²) in [6, 6.07) is 9.71. The first kappa shape index (κ1) is 27.8. The Balaban J connectivity index is 1.65. The zero-order valence-electron chi connectivity index (χ0n) is 22.3. The van der Waals surface area contributed by atoms with Crippen LogP contribution in [0.1, 0.15) is 40.3 Å². The van der Waals surface area contributed by atoms with Gasteiger partial charge in [-0.1, -0.05) is 6.07 Å². The number of alkyl halides is 3. The zero-order valence-corrected chi connectivity index (χ0v) is 22.3. The smallest absolute Gasteiger partial charge is 0.451 e. The third kappa shape index (κ3) is 6.63. The first-order chi connectivity index (χ1) is 18.4. The molecular weight excluding hydrogens is 511 g/mol. The second-order valence-electron chi connectivity index (χ2n) is 9.53. The maximum absolute atomic E-state index is 13.6. The van der Waals surface area contributed by atoms with Gasteiger partial charge in [-0.15, -0.1) is 0 Å². The van der Waals surface area contributed by atoms with Crippen LogP contribution in [0.3, 0.4) is 0 Å². The molecule has 206 valence electrons. The highest BCUT2D eigenvalue weighted by Gasteiger charge is 2.37. The predicted octanol–water partition coefficient (Wildman–Crippen LogP) is 4.43. The van der Waals surface area contributed by atoms with Crippen molar-refractivity contribution in [2.75, 3.05) is 27.2 Å². The molecule has 4 rings (SSSR count). The highest BCUT2D eigenvalue weighted by atomic mass is 19.4. The van der Waals surface area contributed by atoms with Gasteiger partial charge in [-0.25, -0.2) is 9.67 Å². The average molecular weight is 542 g/mol. The molecular formula is C27H30F3N7O2. The molecule has 0 aliphatic heterocycles. The van der Waals surface area contributed by atoms with E-state index in [4.69, 9.17) is 4.74 Å². The topological polar surface area (TPSA) is 90.1 Å². The van der Waals surface area contributed by atoms with E-state index in [1.54, 1.807) is 49.2 Å². The van der Waals surface area contributed by atoms with Crippen molar-refractivity contribution in [3.05, 3.63) is 77.6 Å². The molecule has 4 aromatic rings. The van der Waals surface area contributed by atoms with Crippen LogP contribution in [0.25, 0.3) is 16.8 Å². The van der Waals surface area contributed by atoms with E-state index in [1.807, 2.05) is 44.1 Å². The van der Waals surface area contributed by atoms with Crippen LogP contribution in [0.2, 0.25) is 0 Å². The number of nitrogens with zero attached hydrogens (tertiary/aromatic N) is 6. The quantitative estimate of drug-likeness (QED) is 0.337. The molecule has 0 radical (unpaired) electrons. The second kappa shape index (κ2) is 11.3. The lowest BCUT2D eigenvalue weighted by atomic mass is 10.00. The third-order valence-electron chi connectivity index (χ3n) is 6.13. The molecule has 2 aromatic heterocycles. The number of rotatable bonds is 9. The maximum Gasteiger partial charge on any atom is 0.451 e. The number of carbonyl (C=O) groups excluding carboxylic acids is 1. The standard InChI is InChI=1S/C27H30F3N7O2/c1-17-6-7-23(39-9-8-35(3)4)13-24(17)25(38)34-18(2)19-10-20(21-14-32-36(5)15-21)12-22(11-19)37-26(27(28,29)30)31-16-33-37/h6-7,10-16,18H,8-9H2,1-5H3,(H,34,38)/t18-/m1/s1. The molecule has 0 aliphatic rings. The number of hydrogen-bond donors (Lipinski definition) is 1. The van der Waals surface area contributed by atoms with Crippen molar-refractivity contribution in [3.8, 4) is 22.6 Å². The van der Waals surface area contributed by atoms with Crippen LogP contribution in [0.5, 0.6) is 5.75 Å². The van der Waals surface area contributed by atoms with Crippen LogP contribution in [0, 0.1) is 6.92 Å². The highest BCUT2D eigenvalue weighted by Crippen LogP contribution is 2.32. The van der Waals surface area contributed by atoms with Crippen LogP contribution in [-0.4, -0.2) is 62.6 Å². The zero-order chi connectivity index (χ0) is 28.3. The second-order valence-corrected chi connectivity index (χ2v) is 9.53. The summed E-state index contributed by atoms with van der Waals surface area (Å²) in [6.45, 7) is 4.79. The van der Waals surface area contributed by atoms with Crippen LogP contribution < -0.4 is 10.1 Å². The highest BCUT2D eigenvalue weighted by molar-refractivity contribution is 5.96. The lowest BCUT2D eigenvalue weighted by Crippen LogP contribution is -2.27.